The summed E-state index contributed by atoms with van der Waals surface area (Å²) in [6, 6.07) is 0.493. The smallest absolute Gasteiger partial charge is 0.0537 e. The zero-order valence-electron chi connectivity index (χ0n) is 12.0. The van der Waals surface area contributed by atoms with Gasteiger partial charge in [0.2, 0.25) is 0 Å². The van der Waals surface area contributed by atoms with Crippen LogP contribution in [0.4, 0.5) is 0 Å². The molecule has 98 valence electrons. The van der Waals surface area contributed by atoms with Crippen molar-refractivity contribution in [3.63, 3.8) is 0 Å². The van der Waals surface area contributed by atoms with Crippen LogP contribution in [0.3, 0.4) is 0 Å². The van der Waals surface area contributed by atoms with Crippen molar-refractivity contribution >= 4 is 0 Å². The van der Waals surface area contributed by atoms with Gasteiger partial charge in [-0.05, 0) is 32.2 Å². The van der Waals surface area contributed by atoms with Crippen molar-refractivity contribution in [3.05, 3.63) is 17.5 Å². The molecule has 1 atom stereocenters. The van der Waals surface area contributed by atoms with Crippen molar-refractivity contribution in [2.75, 3.05) is 6.54 Å². The maximum atomic E-state index is 4.56. The normalized spacial score (nSPS) is 13.3. The quantitative estimate of drug-likeness (QED) is 0.736. The lowest BCUT2D eigenvalue weighted by molar-refractivity contribution is 0.450. The van der Waals surface area contributed by atoms with Crippen molar-refractivity contribution in [1.82, 2.24) is 15.1 Å². The Morgan fingerprint density at radius 3 is 2.53 bits per heavy atom. The molecule has 1 N–H and O–H groups in total. The first-order chi connectivity index (χ1) is 8.11. The van der Waals surface area contributed by atoms with E-state index in [0.29, 0.717) is 12.0 Å². The maximum absolute atomic E-state index is 4.56. The molecule has 0 radical (unpaired) electrons. The zero-order valence-corrected chi connectivity index (χ0v) is 12.0. The molecule has 0 saturated heterocycles. The molecule has 0 aromatic carbocycles. The second kappa shape index (κ2) is 6.80. The van der Waals surface area contributed by atoms with Crippen LogP contribution < -0.4 is 5.32 Å². The second-order valence-electron chi connectivity index (χ2n) is 5.09. The van der Waals surface area contributed by atoms with Crippen LogP contribution in [-0.4, -0.2) is 16.3 Å². The topological polar surface area (TPSA) is 29.9 Å². The Balaban J connectivity index is 2.86. The molecule has 3 nitrogen and oxygen atoms in total. The van der Waals surface area contributed by atoms with Gasteiger partial charge in [0.25, 0.3) is 0 Å². The molecule has 0 spiro atoms. The lowest BCUT2D eigenvalue weighted by Crippen LogP contribution is -2.17. The fourth-order valence-corrected chi connectivity index (χ4v) is 2.10. The second-order valence-corrected chi connectivity index (χ2v) is 5.09. The van der Waals surface area contributed by atoms with Crippen LogP contribution in [0.5, 0.6) is 0 Å². The fraction of sp³-hybridized carbons (Fsp3) is 0.786. The molecule has 3 heteroatoms. The first kappa shape index (κ1) is 14.2. The van der Waals surface area contributed by atoms with E-state index in [2.05, 4.69) is 49.7 Å². The Hall–Kier alpha value is -0.830. The van der Waals surface area contributed by atoms with E-state index in [0.717, 1.165) is 19.5 Å². The third kappa shape index (κ3) is 3.56. The van der Waals surface area contributed by atoms with E-state index in [-0.39, 0.29) is 0 Å². The van der Waals surface area contributed by atoms with Gasteiger partial charge in [-0.2, -0.15) is 5.10 Å². The molecule has 1 rings (SSSR count). The van der Waals surface area contributed by atoms with E-state index in [1.165, 1.54) is 17.7 Å². The van der Waals surface area contributed by atoms with Crippen LogP contribution in [0.25, 0.3) is 0 Å². The average Bonchev–Trinajstić information content (AvgIpc) is 2.72. The van der Waals surface area contributed by atoms with E-state index in [9.17, 15) is 0 Å². The molecular weight excluding hydrogens is 210 g/mol. The van der Waals surface area contributed by atoms with Crippen LogP contribution in [0.15, 0.2) is 6.20 Å². The van der Waals surface area contributed by atoms with Gasteiger partial charge >= 0.3 is 0 Å². The van der Waals surface area contributed by atoms with Gasteiger partial charge in [-0.1, -0.05) is 27.7 Å². The van der Waals surface area contributed by atoms with Crippen molar-refractivity contribution in [3.8, 4) is 0 Å². The molecule has 1 aromatic heterocycles. The molecule has 0 aliphatic rings. The van der Waals surface area contributed by atoms with E-state index in [4.69, 9.17) is 0 Å². The van der Waals surface area contributed by atoms with Crippen molar-refractivity contribution in [2.45, 2.75) is 66.0 Å². The molecule has 0 saturated carbocycles. The van der Waals surface area contributed by atoms with Crippen molar-refractivity contribution in [1.29, 1.82) is 0 Å². The number of hydrogen-bond donors (Lipinski definition) is 1. The van der Waals surface area contributed by atoms with E-state index < -0.39 is 0 Å². The van der Waals surface area contributed by atoms with Crippen LogP contribution >= 0.6 is 0 Å². The first-order valence-electron chi connectivity index (χ1n) is 6.88. The van der Waals surface area contributed by atoms with Gasteiger partial charge in [-0.15, -0.1) is 0 Å². The summed E-state index contributed by atoms with van der Waals surface area (Å²) < 4.78 is 2.20. The summed E-state index contributed by atoms with van der Waals surface area (Å²) in [5.74, 6) is 0.532. The predicted molar refractivity (Wildman–Crippen MR) is 73.3 cm³/mol. The van der Waals surface area contributed by atoms with Gasteiger partial charge in [0.15, 0.2) is 0 Å². The first-order valence-corrected chi connectivity index (χ1v) is 6.88. The molecule has 0 aliphatic heterocycles. The summed E-state index contributed by atoms with van der Waals surface area (Å²) >= 11 is 0. The van der Waals surface area contributed by atoms with Crippen molar-refractivity contribution < 1.29 is 0 Å². The summed E-state index contributed by atoms with van der Waals surface area (Å²) in [6.45, 7) is 13.2. The molecule has 0 aliphatic carbocycles. The third-order valence-electron chi connectivity index (χ3n) is 3.21. The highest BCUT2D eigenvalue weighted by molar-refractivity contribution is 5.21. The number of rotatable bonds is 7. The molecular formula is C14H27N3. The van der Waals surface area contributed by atoms with Crippen LogP contribution in [0.2, 0.25) is 0 Å². The summed E-state index contributed by atoms with van der Waals surface area (Å²) in [6.07, 6.45) is 4.34. The monoisotopic (exact) mass is 237 g/mol. The van der Waals surface area contributed by atoms with Gasteiger partial charge in [0, 0.05) is 23.8 Å². The molecule has 1 aromatic rings. The Morgan fingerprint density at radius 1 is 1.29 bits per heavy atom. The molecule has 0 amide bonds. The van der Waals surface area contributed by atoms with Gasteiger partial charge < -0.3 is 5.32 Å². The lowest BCUT2D eigenvalue weighted by atomic mass is 10.0. The van der Waals surface area contributed by atoms with Crippen LogP contribution in [0, 0.1) is 0 Å². The summed E-state index contributed by atoms with van der Waals surface area (Å²) in [5.41, 5.74) is 2.75. The number of nitrogens with one attached hydrogen (secondary N) is 1. The molecule has 1 unspecified atom stereocenters. The summed E-state index contributed by atoms with van der Waals surface area (Å²) in [7, 11) is 0. The Labute approximate surface area is 106 Å². The fourth-order valence-electron chi connectivity index (χ4n) is 2.10. The lowest BCUT2D eigenvalue weighted by Gasteiger charge is -2.17. The van der Waals surface area contributed by atoms with Gasteiger partial charge in [0.1, 0.15) is 0 Å². The minimum absolute atomic E-state index is 0.493. The van der Waals surface area contributed by atoms with E-state index in [1.54, 1.807) is 0 Å². The highest BCUT2D eigenvalue weighted by atomic mass is 15.3. The van der Waals surface area contributed by atoms with Crippen molar-refractivity contribution in [2.24, 2.45) is 0 Å². The Kier molecular flexibility index (Phi) is 5.69. The number of hydrogen-bond acceptors (Lipinski definition) is 2. The minimum atomic E-state index is 0.493. The third-order valence-corrected chi connectivity index (χ3v) is 3.21. The molecule has 17 heavy (non-hydrogen) atoms. The zero-order chi connectivity index (χ0) is 12.8. The molecule has 0 fully saturated rings. The summed E-state index contributed by atoms with van der Waals surface area (Å²) in [4.78, 5) is 0. The highest BCUT2D eigenvalue weighted by Crippen LogP contribution is 2.23. The van der Waals surface area contributed by atoms with Crippen LogP contribution in [-0.2, 0) is 6.54 Å². The molecule has 0 bridgehead atoms. The summed E-state index contributed by atoms with van der Waals surface area (Å²) in [5, 5.41) is 8.03. The van der Waals surface area contributed by atoms with Gasteiger partial charge in [-0.3, -0.25) is 4.68 Å². The van der Waals surface area contributed by atoms with E-state index >= 15 is 0 Å². The maximum Gasteiger partial charge on any atom is 0.0537 e. The minimum Gasteiger partial charge on any atom is -0.313 e. The number of nitrogens with zero attached hydrogens (tertiary/aromatic N) is 2. The SMILES string of the molecule is CCCNCc1cnn(C(C)CC)c1C(C)C. The van der Waals surface area contributed by atoms with Crippen LogP contribution in [0.1, 0.15) is 70.7 Å². The molecule has 1 heterocycles. The van der Waals surface area contributed by atoms with E-state index in [1.807, 2.05) is 6.20 Å². The Morgan fingerprint density at radius 2 is 2.00 bits per heavy atom. The largest absolute Gasteiger partial charge is 0.313 e. The Bertz CT molecular complexity index is 328. The average molecular weight is 237 g/mol. The highest BCUT2D eigenvalue weighted by Gasteiger charge is 2.16. The van der Waals surface area contributed by atoms with Gasteiger partial charge in [0.05, 0.1) is 6.20 Å². The standard InChI is InChI=1S/C14H27N3/c1-6-8-15-9-13-10-16-17(12(5)7-2)14(13)11(3)4/h10-12,15H,6-9H2,1-5H3. The predicted octanol–water partition coefficient (Wildman–Crippen LogP) is 3.48. The van der Waals surface area contributed by atoms with Gasteiger partial charge in [-0.25, -0.2) is 0 Å². The number of aromatic nitrogens is 2.